The molecule has 0 saturated heterocycles. The number of nitrogens with two attached hydrogens (primary N) is 1. The fourth-order valence-electron chi connectivity index (χ4n) is 5.91. The van der Waals surface area contributed by atoms with Crippen molar-refractivity contribution in [3.8, 4) is 22.5 Å². The summed E-state index contributed by atoms with van der Waals surface area (Å²) < 4.78 is 11.8. The molecule has 0 spiro atoms. The number of rotatable bonds is 13. The average molecular weight is 605 g/mol. The molecule has 0 unspecified atom stereocenters. The number of hydrogen-bond donors (Lipinski definition) is 2. The Morgan fingerprint density at radius 3 is 2.31 bits per heavy atom. The number of benzene rings is 3. The molecule has 0 radical (unpaired) electrons. The summed E-state index contributed by atoms with van der Waals surface area (Å²) in [6, 6.07) is 18.1. The summed E-state index contributed by atoms with van der Waals surface area (Å²) in [5, 5.41) is 9.22. The number of esters is 1. The van der Waals surface area contributed by atoms with Gasteiger partial charge in [-0.05, 0) is 75.1 Å². The normalized spacial score (nSPS) is 13.5. The van der Waals surface area contributed by atoms with E-state index in [1.165, 1.54) is 6.08 Å². The third-order valence-electron chi connectivity index (χ3n) is 8.61. The number of fused-ring (bicyclic) bond motifs is 2. The summed E-state index contributed by atoms with van der Waals surface area (Å²) in [4.78, 5) is 37.7. The lowest BCUT2D eigenvalue weighted by Gasteiger charge is -2.17. The molecule has 232 valence electrons. The Kier molecular flexibility index (Phi) is 10.1. The molecule has 0 bridgehead atoms. The minimum atomic E-state index is -0.366. The lowest BCUT2D eigenvalue weighted by Crippen LogP contribution is -2.16. The fraction of sp³-hybridized carbons (Fsp3) is 0.316. The summed E-state index contributed by atoms with van der Waals surface area (Å²) in [6.07, 6.45) is 10.3. The second-order valence-corrected chi connectivity index (χ2v) is 11.8. The Balaban J connectivity index is 1.09. The van der Waals surface area contributed by atoms with E-state index in [1.54, 1.807) is 38.1 Å². The first kappa shape index (κ1) is 31.6. The van der Waals surface area contributed by atoms with Crippen molar-refractivity contribution in [1.82, 2.24) is 0 Å². The quantitative estimate of drug-likeness (QED) is 0.0520. The van der Waals surface area contributed by atoms with Crippen LogP contribution in [0.15, 0.2) is 87.9 Å². The first-order chi connectivity index (χ1) is 21.7. The van der Waals surface area contributed by atoms with E-state index in [9.17, 15) is 14.4 Å². The first-order valence-corrected chi connectivity index (χ1v) is 15.8. The molecule has 3 aliphatic rings. The van der Waals surface area contributed by atoms with Crippen LogP contribution >= 0.6 is 0 Å². The second-order valence-electron chi connectivity index (χ2n) is 11.8. The highest BCUT2D eigenvalue weighted by Crippen LogP contribution is 2.41. The van der Waals surface area contributed by atoms with Gasteiger partial charge in [-0.3, -0.25) is 9.59 Å². The summed E-state index contributed by atoms with van der Waals surface area (Å²) in [5.41, 5.74) is 11.9. The van der Waals surface area contributed by atoms with E-state index in [0.717, 1.165) is 73.4 Å². The van der Waals surface area contributed by atoms with Crippen LogP contribution in [-0.2, 0) is 14.3 Å². The van der Waals surface area contributed by atoms with Gasteiger partial charge in [0.05, 0.1) is 17.5 Å². The Bertz CT molecular complexity index is 1840. The van der Waals surface area contributed by atoms with Crippen molar-refractivity contribution in [2.24, 2.45) is 0 Å². The fourth-order valence-corrected chi connectivity index (χ4v) is 5.91. The summed E-state index contributed by atoms with van der Waals surface area (Å²) in [6.45, 7) is 3.80. The van der Waals surface area contributed by atoms with E-state index in [-0.39, 0.29) is 17.5 Å². The minimum Gasteiger partial charge on any atom is -0.462 e. The smallest absolute Gasteiger partial charge is 0.338 e. The predicted octanol–water partition coefficient (Wildman–Crippen LogP) is 8.35. The van der Waals surface area contributed by atoms with Crippen molar-refractivity contribution in [2.75, 3.05) is 12.3 Å². The van der Waals surface area contributed by atoms with Gasteiger partial charge in [-0.25, -0.2) is 4.79 Å². The Labute approximate surface area is 263 Å². The molecule has 3 N–H and O–H groups in total. The van der Waals surface area contributed by atoms with Gasteiger partial charge in [-0.1, -0.05) is 56.7 Å². The second kappa shape index (κ2) is 14.3. The van der Waals surface area contributed by atoms with Crippen LogP contribution in [0.4, 0.5) is 5.69 Å². The molecule has 2 aliphatic carbocycles. The van der Waals surface area contributed by atoms with Gasteiger partial charge in [0, 0.05) is 51.1 Å². The molecular formula is C38H40N2O5. The molecule has 1 aliphatic heterocycles. The summed E-state index contributed by atoms with van der Waals surface area (Å²) >= 11 is 0. The monoisotopic (exact) mass is 604 g/mol. The van der Waals surface area contributed by atoms with E-state index in [0.29, 0.717) is 57.7 Å². The van der Waals surface area contributed by atoms with Gasteiger partial charge in [0.1, 0.15) is 11.3 Å². The number of carbonyl (C=O) groups is 3. The van der Waals surface area contributed by atoms with Crippen molar-refractivity contribution < 1.29 is 23.5 Å². The number of carbonyl (C=O) groups excluding carboxylic acids is 3. The minimum absolute atomic E-state index is 0.0169. The topological polar surface area (TPSA) is 123 Å². The van der Waals surface area contributed by atoms with Crippen LogP contribution in [0.1, 0.15) is 82.0 Å². The van der Waals surface area contributed by atoms with Gasteiger partial charge in [0.25, 0.3) is 0 Å². The predicted molar refractivity (Wildman–Crippen MR) is 177 cm³/mol. The molecule has 0 aromatic heterocycles. The van der Waals surface area contributed by atoms with Gasteiger partial charge >= 0.3 is 5.97 Å². The number of anilines is 1. The van der Waals surface area contributed by atoms with Crippen molar-refractivity contribution >= 4 is 34.2 Å². The Morgan fingerprint density at radius 2 is 1.53 bits per heavy atom. The highest BCUT2D eigenvalue weighted by atomic mass is 16.5. The molecule has 7 nitrogen and oxygen atoms in total. The maximum Gasteiger partial charge on any atom is 0.338 e. The molecule has 0 fully saturated rings. The van der Waals surface area contributed by atoms with Crippen LogP contribution in [0.3, 0.4) is 0 Å². The number of unbranched alkanes of at least 4 members (excludes halogenated alkanes) is 7. The molecular weight excluding hydrogens is 564 g/mol. The van der Waals surface area contributed by atoms with Gasteiger partial charge in [0.2, 0.25) is 0 Å². The number of ether oxygens (including phenoxy) is 1. The molecule has 2 aromatic rings. The Hall–Kier alpha value is -4.78. The van der Waals surface area contributed by atoms with E-state index in [2.05, 4.69) is 0 Å². The third-order valence-corrected chi connectivity index (χ3v) is 8.61. The molecule has 1 heterocycles. The van der Waals surface area contributed by atoms with Crippen LogP contribution < -0.4 is 11.1 Å². The molecule has 7 heteroatoms. The van der Waals surface area contributed by atoms with Gasteiger partial charge in [-0.15, -0.1) is 0 Å². The van der Waals surface area contributed by atoms with Crippen LogP contribution in [0.25, 0.3) is 33.4 Å². The van der Waals surface area contributed by atoms with E-state index in [1.807, 2.05) is 36.4 Å². The number of hydrogen-bond acceptors (Lipinski definition) is 7. The first-order valence-electron chi connectivity index (χ1n) is 15.8. The van der Waals surface area contributed by atoms with E-state index >= 15 is 0 Å². The molecule has 0 atom stereocenters. The largest absolute Gasteiger partial charge is 0.462 e. The highest BCUT2D eigenvalue weighted by Gasteiger charge is 2.23. The molecule has 2 aromatic carbocycles. The summed E-state index contributed by atoms with van der Waals surface area (Å²) in [7, 11) is 0. The third kappa shape index (κ3) is 7.31. The van der Waals surface area contributed by atoms with E-state index in [4.69, 9.17) is 20.3 Å². The number of Topliss-reactive ketones (excluding diaryl/α,β-unsaturated/α-hetero) is 1. The Morgan fingerprint density at radius 1 is 0.822 bits per heavy atom. The van der Waals surface area contributed by atoms with Crippen LogP contribution in [-0.4, -0.2) is 24.1 Å². The maximum absolute atomic E-state index is 13.3. The SMILES string of the molecule is CC1=C(C)C(=O)C(CCCCCCCCCCOC(=O)c2ccccc2-c2c3ccc(=N)cc-3oc3cc(N)ccc23)=CC1=O. The lowest BCUT2D eigenvalue weighted by atomic mass is 9.88. The number of nitrogen functional groups attached to an aromatic ring is 1. The van der Waals surface area contributed by atoms with E-state index < -0.39 is 0 Å². The maximum atomic E-state index is 13.3. The van der Waals surface area contributed by atoms with Crippen LogP contribution in [0.5, 0.6) is 0 Å². The molecule has 5 rings (SSSR count). The highest BCUT2D eigenvalue weighted by molar-refractivity contribution is 6.22. The van der Waals surface area contributed by atoms with Gasteiger partial charge in [0.15, 0.2) is 11.6 Å². The number of ketones is 2. The van der Waals surface area contributed by atoms with Crippen LogP contribution in [0, 0.1) is 5.41 Å². The zero-order chi connectivity index (χ0) is 31.9. The standard InChI is InChI=1S/C38H40N2O5/c1-24-25(2)37(42)26(21-33(24)41)13-9-7-5-3-4-6-8-12-20-44-38(43)30-15-11-10-14-29(30)36-31-18-16-27(39)22-34(31)45-35-23-28(40)17-19-32(35)36/h10-11,14-19,21-23,39H,3-9,12-13,20,40H2,1-2H3. The molecule has 45 heavy (non-hydrogen) atoms. The average Bonchev–Trinajstić information content (AvgIpc) is 3.03. The zero-order valence-electron chi connectivity index (χ0n) is 26.0. The van der Waals surface area contributed by atoms with Crippen LogP contribution in [0.2, 0.25) is 0 Å². The lowest BCUT2D eigenvalue weighted by molar-refractivity contribution is -0.116. The zero-order valence-corrected chi connectivity index (χ0v) is 26.0. The van der Waals surface area contributed by atoms with Crippen molar-refractivity contribution in [3.63, 3.8) is 0 Å². The molecule has 0 saturated carbocycles. The van der Waals surface area contributed by atoms with Crippen molar-refractivity contribution in [2.45, 2.75) is 71.6 Å². The summed E-state index contributed by atoms with van der Waals surface area (Å²) in [5.74, 6) is 0.161. The van der Waals surface area contributed by atoms with Crippen molar-refractivity contribution in [1.29, 1.82) is 5.41 Å². The van der Waals surface area contributed by atoms with Crippen molar-refractivity contribution in [3.05, 3.63) is 94.4 Å². The number of nitrogens with one attached hydrogen (secondary N) is 1. The number of allylic oxidation sites excluding steroid dienone is 4. The van der Waals surface area contributed by atoms with Gasteiger partial charge < -0.3 is 20.3 Å². The molecule has 0 amide bonds. The van der Waals surface area contributed by atoms with Gasteiger partial charge in [-0.2, -0.15) is 0 Å².